The maximum absolute atomic E-state index is 6.26. The van der Waals surface area contributed by atoms with Crippen molar-refractivity contribution in [3.63, 3.8) is 0 Å². The third-order valence-electron chi connectivity index (χ3n) is 5.47. The van der Waals surface area contributed by atoms with Crippen molar-refractivity contribution in [1.29, 1.82) is 0 Å². The molecule has 3 aliphatic carbocycles. The van der Waals surface area contributed by atoms with Gasteiger partial charge in [-0.05, 0) is 62.2 Å². The zero-order valence-corrected chi connectivity index (χ0v) is 8.63. The predicted molar refractivity (Wildman–Crippen MR) is 54.3 cm³/mol. The molecule has 5 atom stereocenters. The van der Waals surface area contributed by atoms with Crippen molar-refractivity contribution in [1.82, 2.24) is 0 Å². The second-order valence-electron chi connectivity index (χ2n) is 5.67. The molecule has 0 saturated heterocycles. The van der Waals surface area contributed by atoms with Crippen LogP contribution < -0.4 is 5.73 Å². The number of rotatable bonds is 1. The van der Waals surface area contributed by atoms with E-state index in [1.807, 2.05) is 0 Å². The Labute approximate surface area is 81.1 Å². The summed E-state index contributed by atoms with van der Waals surface area (Å²) in [4.78, 5) is 0. The largest absolute Gasteiger partial charge is 0.327 e. The summed E-state index contributed by atoms with van der Waals surface area (Å²) >= 11 is 0. The summed E-state index contributed by atoms with van der Waals surface area (Å²) in [6, 6.07) is 0.454. The lowest BCUT2D eigenvalue weighted by Gasteiger charge is -2.43. The molecule has 0 spiro atoms. The lowest BCUT2D eigenvalue weighted by atomic mass is 9.64. The molecule has 13 heavy (non-hydrogen) atoms. The van der Waals surface area contributed by atoms with Gasteiger partial charge in [-0.1, -0.05) is 6.42 Å². The Balaban J connectivity index is 1.99. The fourth-order valence-electron chi connectivity index (χ4n) is 5.07. The molecule has 3 saturated carbocycles. The van der Waals surface area contributed by atoms with Gasteiger partial charge in [0.1, 0.15) is 0 Å². The molecule has 1 nitrogen and oxygen atoms in total. The first-order valence-corrected chi connectivity index (χ1v) is 6.00. The highest BCUT2D eigenvalue weighted by atomic mass is 14.8. The molecule has 0 aromatic carbocycles. The van der Waals surface area contributed by atoms with Gasteiger partial charge in [0.05, 0.1) is 0 Å². The Bertz CT molecular complexity index is 223. The molecule has 74 valence electrons. The van der Waals surface area contributed by atoms with Crippen LogP contribution in [0.5, 0.6) is 0 Å². The van der Waals surface area contributed by atoms with Crippen molar-refractivity contribution >= 4 is 0 Å². The monoisotopic (exact) mass is 179 g/mol. The van der Waals surface area contributed by atoms with Crippen LogP contribution in [0.25, 0.3) is 0 Å². The standard InChI is InChI=1S/C12H21N/c1-8(13)12-6-2-3-11(12)9-4-5-10(12)7-9/h8-11H,2-7,13H2,1H3/t8-,9+,10+,11-,12-/m1/s1. The molecule has 0 unspecified atom stereocenters. The quantitative estimate of drug-likeness (QED) is 0.657. The van der Waals surface area contributed by atoms with Crippen LogP contribution in [-0.4, -0.2) is 6.04 Å². The third-order valence-corrected chi connectivity index (χ3v) is 5.47. The average molecular weight is 179 g/mol. The maximum Gasteiger partial charge on any atom is 0.00724 e. The summed E-state index contributed by atoms with van der Waals surface area (Å²) < 4.78 is 0. The summed E-state index contributed by atoms with van der Waals surface area (Å²) in [5, 5.41) is 0. The van der Waals surface area contributed by atoms with Gasteiger partial charge in [-0.25, -0.2) is 0 Å². The smallest absolute Gasteiger partial charge is 0.00724 e. The van der Waals surface area contributed by atoms with Crippen molar-refractivity contribution in [2.45, 2.75) is 51.5 Å². The molecule has 0 heterocycles. The number of hydrogen-bond acceptors (Lipinski definition) is 1. The minimum atomic E-state index is 0.454. The normalized spacial score (nSPS) is 55.4. The first kappa shape index (κ1) is 8.28. The van der Waals surface area contributed by atoms with Crippen LogP contribution in [0.3, 0.4) is 0 Å². The van der Waals surface area contributed by atoms with E-state index in [2.05, 4.69) is 6.92 Å². The van der Waals surface area contributed by atoms with Crippen molar-refractivity contribution < 1.29 is 0 Å². The van der Waals surface area contributed by atoms with Crippen molar-refractivity contribution in [2.75, 3.05) is 0 Å². The molecule has 1 heteroatoms. The van der Waals surface area contributed by atoms with E-state index < -0.39 is 0 Å². The van der Waals surface area contributed by atoms with E-state index in [-0.39, 0.29) is 0 Å². The van der Waals surface area contributed by atoms with Crippen LogP contribution in [0, 0.1) is 23.2 Å². The van der Waals surface area contributed by atoms with Gasteiger partial charge in [0.15, 0.2) is 0 Å². The third kappa shape index (κ3) is 0.823. The van der Waals surface area contributed by atoms with Crippen LogP contribution >= 0.6 is 0 Å². The molecule has 2 bridgehead atoms. The van der Waals surface area contributed by atoms with E-state index in [9.17, 15) is 0 Å². The molecule has 0 aliphatic heterocycles. The highest BCUT2D eigenvalue weighted by Gasteiger charge is 2.60. The summed E-state index contributed by atoms with van der Waals surface area (Å²) in [7, 11) is 0. The highest BCUT2D eigenvalue weighted by molar-refractivity contribution is 5.11. The molecule has 0 aromatic heterocycles. The summed E-state index contributed by atoms with van der Waals surface area (Å²) in [6.07, 6.45) is 8.91. The topological polar surface area (TPSA) is 26.0 Å². The van der Waals surface area contributed by atoms with Gasteiger partial charge < -0.3 is 5.73 Å². The van der Waals surface area contributed by atoms with Crippen LogP contribution in [0.4, 0.5) is 0 Å². The van der Waals surface area contributed by atoms with Gasteiger partial charge in [0.2, 0.25) is 0 Å². The molecule has 0 amide bonds. The first-order chi connectivity index (χ1) is 6.25. The summed E-state index contributed by atoms with van der Waals surface area (Å²) in [5.74, 6) is 3.09. The lowest BCUT2D eigenvalue weighted by Crippen LogP contribution is -2.46. The molecule has 3 fully saturated rings. The average Bonchev–Trinajstić information content (AvgIpc) is 2.76. The molecule has 2 N–H and O–H groups in total. The van der Waals surface area contributed by atoms with Crippen molar-refractivity contribution in [3.05, 3.63) is 0 Å². The Morgan fingerprint density at radius 2 is 2.15 bits per heavy atom. The van der Waals surface area contributed by atoms with Gasteiger partial charge in [-0.2, -0.15) is 0 Å². The molecule has 0 aromatic rings. The number of hydrogen-bond donors (Lipinski definition) is 1. The van der Waals surface area contributed by atoms with E-state index >= 15 is 0 Å². The second kappa shape index (κ2) is 2.50. The molecular weight excluding hydrogens is 158 g/mol. The fourth-order valence-corrected chi connectivity index (χ4v) is 5.07. The SMILES string of the molecule is C[C@@H](N)[C@@]12CCC[C@@H]1[C@H]1CC[C@H]2C1. The highest BCUT2D eigenvalue weighted by Crippen LogP contribution is 2.67. The lowest BCUT2D eigenvalue weighted by molar-refractivity contribution is 0.0839. The van der Waals surface area contributed by atoms with Crippen LogP contribution in [0.2, 0.25) is 0 Å². The van der Waals surface area contributed by atoms with E-state index in [1.165, 1.54) is 38.5 Å². The minimum absolute atomic E-state index is 0.454. The van der Waals surface area contributed by atoms with E-state index in [0.29, 0.717) is 11.5 Å². The second-order valence-corrected chi connectivity index (χ2v) is 5.67. The molecular formula is C12H21N. The van der Waals surface area contributed by atoms with Gasteiger partial charge >= 0.3 is 0 Å². The Hall–Kier alpha value is -0.0400. The maximum atomic E-state index is 6.26. The predicted octanol–water partition coefficient (Wildman–Crippen LogP) is 2.55. The molecule has 3 aliphatic rings. The van der Waals surface area contributed by atoms with E-state index in [1.54, 1.807) is 0 Å². The van der Waals surface area contributed by atoms with Gasteiger partial charge in [-0.15, -0.1) is 0 Å². The number of fused-ring (bicyclic) bond motifs is 5. The summed E-state index contributed by atoms with van der Waals surface area (Å²) in [6.45, 7) is 2.26. The Kier molecular flexibility index (Phi) is 1.59. The van der Waals surface area contributed by atoms with Crippen LogP contribution in [-0.2, 0) is 0 Å². The fraction of sp³-hybridized carbons (Fsp3) is 1.00. The Morgan fingerprint density at radius 3 is 2.85 bits per heavy atom. The van der Waals surface area contributed by atoms with E-state index in [4.69, 9.17) is 5.73 Å². The molecule has 3 rings (SSSR count). The first-order valence-electron chi connectivity index (χ1n) is 6.00. The zero-order valence-electron chi connectivity index (χ0n) is 8.63. The van der Waals surface area contributed by atoms with Crippen molar-refractivity contribution in [3.8, 4) is 0 Å². The summed E-state index contributed by atoms with van der Waals surface area (Å²) in [5.41, 5.74) is 6.86. The molecule has 0 radical (unpaired) electrons. The van der Waals surface area contributed by atoms with Crippen LogP contribution in [0.15, 0.2) is 0 Å². The van der Waals surface area contributed by atoms with Crippen molar-refractivity contribution in [2.24, 2.45) is 28.9 Å². The van der Waals surface area contributed by atoms with Crippen LogP contribution in [0.1, 0.15) is 45.4 Å². The number of nitrogens with two attached hydrogens (primary N) is 1. The van der Waals surface area contributed by atoms with Gasteiger partial charge in [0.25, 0.3) is 0 Å². The van der Waals surface area contributed by atoms with E-state index in [0.717, 1.165) is 17.8 Å². The van der Waals surface area contributed by atoms with Gasteiger partial charge in [0, 0.05) is 6.04 Å². The minimum Gasteiger partial charge on any atom is -0.327 e. The zero-order chi connectivity index (χ0) is 9.05. The Morgan fingerprint density at radius 1 is 1.31 bits per heavy atom. The van der Waals surface area contributed by atoms with Gasteiger partial charge in [-0.3, -0.25) is 0 Å².